The molecule has 0 aromatic heterocycles. The van der Waals surface area contributed by atoms with Gasteiger partial charge < -0.3 is 14.7 Å². The third-order valence-electron chi connectivity index (χ3n) is 4.71. The van der Waals surface area contributed by atoms with Gasteiger partial charge in [0.1, 0.15) is 5.37 Å². The lowest BCUT2D eigenvalue weighted by atomic mass is 9.98. The van der Waals surface area contributed by atoms with Crippen LogP contribution in [-0.4, -0.2) is 58.6 Å². The molecule has 0 spiro atoms. The highest BCUT2D eigenvalue weighted by Crippen LogP contribution is 2.37. The molecule has 0 aliphatic carbocycles. The van der Waals surface area contributed by atoms with E-state index in [4.69, 9.17) is 16.3 Å². The van der Waals surface area contributed by atoms with Crippen LogP contribution in [0.3, 0.4) is 0 Å². The number of halogens is 1. The topological polar surface area (TPSA) is 83.9 Å². The summed E-state index contributed by atoms with van der Waals surface area (Å²) in [4.78, 5) is 39.1. The third-order valence-corrected chi connectivity index (χ3v) is 5.98. The zero-order valence-electron chi connectivity index (χ0n) is 14.8. The van der Waals surface area contributed by atoms with Crippen molar-refractivity contribution in [2.45, 2.75) is 30.7 Å². The molecule has 1 aromatic rings. The highest BCUT2D eigenvalue weighted by atomic mass is 35.5. The van der Waals surface area contributed by atoms with Crippen LogP contribution in [0.4, 0.5) is 0 Å². The molecule has 0 bridgehead atoms. The van der Waals surface area contributed by atoms with Gasteiger partial charge >= 0.3 is 5.97 Å². The van der Waals surface area contributed by atoms with Crippen molar-refractivity contribution >= 4 is 41.0 Å². The Morgan fingerprint density at radius 1 is 1.37 bits per heavy atom. The van der Waals surface area contributed by atoms with Gasteiger partial charge in [0.2, 0.25) is 0 Å². The number of hydrogen-bond acceptors (Lipinski definition) is 5. The summed E-state index contributed by atoms with van der Waals surface area (Å²) in [6.07, 6.45) is 2.97. The van der Waals surface area contributed by atoms with Gasteiger partial charge in [-0.15, -0.1) is 11.8 Å². The molecule has 1 N–H and O–H groups in total. The maximum Gasteiger partial charge on any atom is 0.308 e. The number of ketones is 1. The van der Waals surface area contributed by atoms with Gasteiger partial charge in [-0.25, -0.2) is 0 Å². The number of carboxylic acids is 1. The molecule has 1 aromatic carbocycles. The van der Waals surface area contributed by atoms with Gasteiger partial charge in [0.25, 0.3) is 5.91 Å². The third kappa shape index (κ3) is 4.05. The Morgan fingerprint density at radius 2 is 2.11 bits per heavy atom. The van der Waals surface area contributed by atoms with Gasteiger partial charge in [0.05, 0.1) is 17.5 Å². The van der Waals surface area contributed by atoms with Crippen LogP contribution in [0.1, 0.15) is 29.6 Å². The normalized spacial score (nSPS) is 22.6. The highest BCUT2D eigenvalue weighted by Gasteiger charge is 2.44. The van der Waals surface area contributed by atoms with Crippen molar-refractivity contribution in [3.05, 3.63) is 46.0 Å². The number of benzene rings is 1. The molecular weight excluding hydrogens is 390 g/mol. The molecule has 1 amide bonds. The lowest BCUT2D eigenvalue weighted by Gasteiger charge is -2.27. The molecule has 2 atom stereocenters. The van der Waals surface area contributed by atoms with Crippen LogP contribution >= 0.6 is 23.4 Å². The average molecular weight is 410 g/mol. The molecule has 0 saturated carbocycles. The highest BCUT2D eigenvalue weighted by molar-refractivity contribution is 7.99. The molecule has 6 nitrogen and oxygen atoms in total. The molecule has 1 saturated heterocycles. The smallest absolute Gasteiger partial charge is 0.308 e. The monoisotopic (exact) mass is 409 g/mol. The largest absolute Gasteiger partial charge is 0.481 e. The Kier molecular flexibility index (Phi) is 6.24. The second-order valence-corrected chi connectivity index (χ2v) is 7.78. The first kappa shape index (κ1) is 19.9. The van der Waals surface area contributed by atoms with Crippen molar-refractivity contribution in [3.8, 4) is 0 Å². The Balaban J connectivity index is 2.00. The summed E-state index contributed by atoms with van der Waals surface area (Å²) >= 11 is 7.50. The number of Topliss-reactive ketones (excluding diaryl/α,β-unsaturated/α-hetero) is 1. The Hall–Kier alpha value is -1.83. The van der Waals surface area contributed by atoms with Crippen molar-refractivity contribution in [1.29, 1.82) is 0 Å². The summed E-state index contributed by atoms with van der Waals surface area (Å²) in [6.45, 7) is 0.990. The molecule has 144 valence electrons. The number of carboxylic acid groups (broad SMARTS) is 1. The number of hydrogen-bond donors (Lipinski definition) is 1. The van der Waals surface area contributed by atoms with Crippen LogP contribution < -0.4 is 0 Å². The number of thioether (sulfide) groups is 1. The number of ether oxygens (including phenoxy) is 1. The average Bonchev–Trinajstić information content (AvgIpc) is 3.23. The van der Waals surface area contributed by atoms with E-state index in [2.05, 4.69) is 0 Å². The summed E-state index contributed by atoms with van der Waals surface area (Å²) in [7, 11) is 0. The van der Waals surface area contributed by atoms with E-state index in [0.717, 1.165) is 12.8 Å². The Bertz CT molecular complexity index is 803. The van der Waals surface area contributed by atoms with Crippen molar-refractivity contribution in [2.24, 2.45) is 0 Å². The first-order chi connectivity index (χ1) is 12.9. The fourth-order valence-corrected chi connectivity index (χ4v) is 4.64. The van der Waals surface area contributed by atoms with E-state index in [1.165, 1.54) is 11.8 Å². The Morgan fingerprint density at radius 3 is 2.70 bits per heavy atom. The van der Waals surface area contributed by atoms with Crippen LogP contribution in [0.5, 0.6) is 0 Å². The molecule has 0 radical (unpaired) electrons. The number of rotatable bonds is 7. The number of nitrogens with zero attached hydrogens (tertiary/aromatic N) is 1. The van der Waals surface area contributed by atoms with Crippen LogP contribution in [0.15, 0.2) is 35.4 Å². The number of carbonyl (C=O) groups excluding carboxylic acids is 2. The van der Waals surface area contributed by atoms with Crippen LogP contribution in [-0.2, 0) is 14.3 Å². The van der Waals surface area contributed by atoms with Crippen molar-refractivity contribution in [3.63, 3.8) is 0 Å². The SMILES string of the molecule is CS[C@@H]1C(C(=O)c2ccccc2Cl)=C(CC(=O)O)C(=O)N1C[C@H]1CCCO1. The van der Waals surface area contributed by atoms with E-state index in [-0.39, 0.29) is 27.8 Å². The molecule has 1 fully saturated rings. The van der Waals surface area contributed by atoms with E-state index < -0.39 is 29.5 Å². The Labute approximate surface area is 166 Å². The number of aliphatic carboxylic acids is 1. The molecule has 8 heteroatoms. The molecule has 2 aliphatic rings. The molecule has 3 rings (SSSR count). The zero-order chi connectivity index (χ0) is 19.6. The molecule has 2 aliphatic heterocycles. The van der Waals surface area contributed by atoms with Crippen LogP contribution in [0.2, 0.25) is 5.02 Å². The number of amides is 1. The summed E-state index contributed by atoms with van der Waals surface area (Å²) in [5, 5.41) is 8.99. The second-order valence-electron chi connectivity index (χ2n) is 6.45. The number of carbonyl (C=O) groups is 3. The van der Waals surface area contributed by atoms with Gasteiger partial charge in [-0.3, -0.25) is 14.4 Å². The van der Waals surface area contributed by atoms with Gasteiger partial charge in [-0.1, -0.05) is 23.7 Å². The van der Waals surface area contributed by atoms with E-state index in [0.29, 0.717) is 13.2 Å². The minimum absolute atomic E-state index is 0.0322. The van der Waals surface area contributed by atoms with Crippen molar-refractivity contribution in [1.82, 2.24) is 4.90 Å². The fraction of sp³-hybridized carbons (Fsp3) is 0.421. The van der Waals surface area contributed by atoms with E-state index in [9.17, 15) is 19.5 Å². The van der Waals surface area contributed by atoms with Gasteiger partial charge in [0.15, 0.2) is 5.78 Å². The lowest BCUT2D eigenvalue weighted by Crippen LogP contribution is -2.40. The van der Waals surface area contributed by atoms with E-state index in [1.807, 2.05) is 0 Å². The summed E-state index contributed by atoms with van der Waals surface area (Å²) in [5.41, 5.74) is 0.508. The maximum absolute atomic E-state index is 13.2. The predicted molar refractivity (Wildman–Crippen MR) is 103 cm³/mol. The van der Waals surface area contributed by atoms with Crippen molar-refractivity contribution < 1.29 is 24.2 Å². The lowest BCUT2D eigenvalue weighted by molar-refractivity contribution is -0.137. The minimum atomic E-state index is -1.15. The van der Waals surface area contributed by atoms with Gasteiger partial charge in [0, 0.05) is 29.9 Å². The van der Waals surface area contributed by atoms with Gasteiger partial charge in [-0.2, -0.15) is 0 Å². The van der Waals surface area contributed by atoms with Crippen LogP contribution in [0, 0.1) is 0 Å². The first-order valence-corrected chi connectivity index (χ1v) is 10.3. The standard InChI is InChI=1S/C19H20ClNO5S/c1-27-19-16(17(24)12-6-2-3-7-14(12)20)13(9-15(22)23)18(25)21(19)10-11-5-4-8-26-11/h2-3,6-7,11,19H,4-5,8-10H2,1H3,(H,22,23)/t11-,19-/m1/s1. The van der Waals surface area contributed by atoms with E-state index >= 15 is 0 Å². The van der Waals surface area contributed by atoms with E-state index in [1.54, 1.807) is 35.4 Å². The zero-order valence-corrected chi connectivity index (χ0v) is 16.4. The quantitative estimate of drug-likeness (QED) is 0.697. The molecule has 2 heterocycles. The fourth-order valence-electron chi connectivity index (χ4n) is 3.49. The second kappa shape index (κ2) is 8.46. The van der Waals surface area contributed by atoms with Crippen LogP contribution in [0.25, 0.3) is 0 Å². The first-order valence-electron chi connectivity index (χ1n) is 8.63. The summed E-state index contributed by atoms with van der Waals surface area (Å²) < 4.78 is 5.63. The molecule has 27 heavy (non-hydrogen) atoms. The minimum Gasteiger partial charge on any atom is -0.481 e. The van der Waals surface area contributed by atoms with Gasteiger partial charge in [-0.05, 0) is 31.2 Å². The maximum atomic E-state index is 13.2. The predicted octanol–water partition coefficient (Wildman–Crippen LogP) is 3.00. The molecular formula is C19H20ClNO5S. The molecule has 0 unspecified atom stereocenters. The van der Waals surface area contributed by atoms with Crippen molar-refractivity contribution in [2.75, 3.05) is 19.4 Å². The summed E-state index contributed by atoms with van der Waals surface area (Å²) in [5.74, 6) is -1.97. The summed E-state index contributed by atoms with van der Waals surface area (Å²) in [6, 6.07) is 6.58.